The van der Waals surface area contributed by atoms with Crippen LogP contribution in [0, 0.1) is 6.92 Å². The number of carboxylic acids is 1. The Balaban J connectivity index is 1.66. The van der Waals surface area contributed by atoms with Crippen LogP contribution < -0.4 is 4.74 Å². The molecule has 0 radical (unpaired) electrons. The zero-order valence-electron chi connectivity index (χ0n) is 19.7. The number of carboxylic acid groups (broad SMARTS) is 1. The number of aryl methyl sites for hydroxylation is 1. The molecule has 11 heteroatoms. The Morgan fingerprint density at radius 2 is 1.69 bits per heavy atom. The minimum absolute atomic E-state index is 0.0765. The van der Waals surface area contributed by atoms with Gasteiger partial charge in [0.05, 0.1) is 11.3 Å². The van der Waals surface area contributed by atoms with Crippen LogP contribution in [0.3, 0.4) is 0 Å². The molecule has 2 aromatic rings. The lowest BCUT2D eigenvalue weighted by molar-refractivity contribution is -0.274. The fourth-order valence-electron chi connectivity index (χ4n) is 4.50. The molecule has 0 amide bonds. The summed E-state index contributed by atoms with van der Waals surface area (Å²) in [6.07, 6.45) is -4.39. The second-order valence-corrected chi connectivity index (χ2v) is 10.7. The average Bonchev–Trinajstić information content (AvgIpc) is 2.72. The summed E-state index contributed by atoms with van der Waals surface area (Å²) < 4.78 is 69.2. The fraction of sp³-hybridized carbons (Fsp3) is 0.458. The van der Waals surface area contributed by atoms with E-state index in [-0.39, 0.29) is 29.1 Å². The van der Waals surface area contributed by atoms with Crippen LogP contribution in [-0.4, -0.2) is 66.8 Å². The van der Waals surface area contributed by atoms with Crippen LogP contribution in [0.15, 0.2) is 47.4 Å². The maximum Gasteiger partial charge on any atom is 0.573 e. The van der Waals surface area contributed by atoms with E-state index in [1.54, 1.807) is 25.1 Å². The van der Waals surface area contributed by atoms with E-state index in [1.165, 1.54) is 28.6 Å². The molecule has 0 spiro atoms. The third-order valence-corrected chi connectivity index (χ3v) is 8.15. The van der Waals surface area contributed by atoms with Gasteiger partial charge in [0.25, 0.3) is 0 Å². The first kappa shape index (κ1) is 27.0. The van der Waals surface area contributed by atoms with Crippen LogP contribution in [0.5, 0.6) is 5.75 Å². The van der Waals surface area contributed by atoms with E-state index in [9.17, 15) is 26.4 Å². The van der Waals surface area contributed by atoms with Crippen LogP contribution in [0.25, 0.3) is 0 Å². The van der Waals surface area contributed by atoms with Gasteiger partial charge < -0.3 is 9.84 Å². The Kier molecular flexibility index (Phi) is 8.13. The average molecular weight is 515 g/mol. The van der Waals surface area contributed by atoms with Crippen LogP contribution in [0.2, 0.25) is 0 Å². The number of benzene rings is 2. The Hall–Kier alpha value is -2.63. The molecule has 1 heterocycles. The Morgan fingerprint density at radius 1 is 1.09 bits per heavy atom. The number of nitrogens with zero attached hydrogens (tertiary/aromatic N) is 2. The molecule has 1 saturated heterocycles. The lowest BCUT2D eigenvalue weighted by Gasteiger charge is -2.43. The molecular weight excluding hydrogens is 485 g/mol. The van der Waals surface area contributed by atoms with E-state index in [0.29, 0.717) is 31.6 Å². The maximum absolute atomic E-state index is 13.4. The third kappa shape index (κ3) is 6.96. The summed E-state index contributed by atoms with van der Waals surface area (Å²) in [6, 6.07) is 9.65. The summed E-state index contributed by atoms with van der Waals surface area (Å²) in [5.41, 5.74) is 2.03. The molecule has 0 aromatic heterocycles. The van der Waals surface area contributed by atoms with E-state index in [1.807, 2.05) is 13.8 Å². The molecular formula is C24H29F3N2O5S. The molecule has 35 heavy (non-hydrogen) atoms. The lowest BCUT2D eigenvalue weighted by Crippen LogP contribution is -2.58. The number of ether oxygens (including phenoxy) is 1. The van der Waals surface area contributed by atoms with Gasteiger partial charge in [-0.2, -0.15) is 4.31 Å². The Bertz CT molecular complexity index is 1140. The monoisotopic (exact) mass is 514 g/mol. The quantitative estimate of drug-likeness (QED) is 0.576. The summed E-state index contributed by atoms with van der Waals surface area (Å²) in [6.45, 7) is 7.01. The van der Waals surface area contributed by atoms with Gasteiger partial charge in [-0.3, -0.25) is 9.69 Å². The van der Waals surface area contributed by atoms with Gasteiger partial charge >= 0.3 is 12.3 Å². The van der Waals surface area contributed by atoms with Crippen molar-refractivity contribution < 1.29 is 36.2 Å². The molecule has 2 atom stereocenters. The van der Waals surface area contributed by atoms with E-state index >= 15 is 0 Å². The van der Waals surface area contributed by atoms with Gasteiger partial charge in [-0.05, 0) is 68.1 Å². The largest absolute Gasteiger partial charge is 0.573 e. The van der Waals surface area contributed by atoms with Crippen molar-refractivity contribution in [1.29, 1.82) is 0 Å². The van der Waals surface area contributed by atoms with Gasteiger partial charge in [0.15, 0.2) is 0 Å². The van der Waals surface area contributed by atoms with Crippen molar-refractivity contribution in [2.45, 2.75) is 57.0 Å². The Labute approximate surface area is 203 Å². The normalized spacial score (nSPS) is 20.1. The van der Waals surface area contributed by atoms with Crippen molar-refractivity contribution in [3.05, 3.63) is 59.2 Å². The van der Waals surface area contributed by atoms with Crippen molar-refractivity contribution in [2.75, 3.05) is 19.6 Å². The number of aliphatic carboxylic acids is 1. The first-order chi connectivity index (χ1) is 16.3. The van der Waals surface area contributed by atoms with Gasteiger partial charge in [-0.15, -0.1) is 13.2 Å². The molecule has 1 N–H and O–H groups in total. The van der Waals surface area contributed by atoms with Crippen molar-refractivity contribution in [1.82, 2.24) is 9.21 Å². The van der Waals surface area contributed by atoms with E-state index in [0.717, 1.165) is 11.1 Å². The number of rotatable bonds is 8. The number of sulfonamides is 1. The zero-order valence-corrected chi connectivity index (χ0v) is 20.6. The highest BCUT2D eigenvalue weighted by molar-refractivity contribution is 7.89. The third-order valence-electron chi connectivity index (χ3n) is 6.03. The molecule has 3 rings (SSSR count). The summed E-state index contributed by atoms with van der Waals surface area (Å²) in [7, 11) is -3.84. The van der Waals surface area contributed by atoms with Crippen LogP contribution in [0.4, 0.5) is 13.2 Å². The minimum atomic E-state index is -4.73. The first-order valence-electron chi connectivity index (χ1n) is 11.2. The van der Waals surface area contributed by atoms with E-state index < -0.39 is 22.4 Å². The summed E-state index contributed by atoms with van der Waals surface area (Å²) >= 11 is 0. The molecule has 7 nitrogen and oxygen atoms in total. The topological polar surface area (TPSA) is 87.2 Å². The van der Waals surface area contributed by atoms with Crippen LogP contribution in [-0.2, 0) is 27.7 Å². The maximum atomic E-state index is 13.4. The molecule has 0 aliphatic carbocycles. The fourth-order valence-corrected chi connectivity index (χ4v) is 6.36. The summed E-state index contributed by atoms with van der Waals surface area (Å²) in [4.78, 5) is 13.4. The first-order valence-corrected chi connectivity index (χ1v) is 12.6. The predicted octanol–water partition coefficient (Wildman–Crippen LogP) is 3.85. The second-order valence-electron chi connectivity index (χ2n) is 8.89. The number of hydrogen-bond donors (Lipinski definition) is 1. The molecule has 1 aliphatic rings. The van der Waals surface area contributed by atoms with E-state index in [2.05, 4.69) is 9.64 Å². The molecule has 1 aliphatic heterocycles. The summed E-state index contributed by atoms with van der Waals surface area (Å²) in [5.74, 6) is -1.30. The van der Waals surface area contributed by atoms with Crippen molar-refractivity contribution in [3.63, 3.8) is 0 Å². The van der Waals surface area contributed by atoms with Crippen LogP contribution in [0.1, 0.15) is 30.5 Å². The molecule has 2 unspecified atom stereocenters. The highest BCUT2D eigenvalue weighted by atomic mass is 32.2. The highest BCUT2D eigenvalue weighted by Crippen LogP contribution is 2.27. The number of hydrogen-bond acceptors (Lipinski definition) is 5. The van der Waals surface area contributed by atoms with Crippen molar-refractivity contribution in [2.24, 2.45) is 0 Å². The smallest absolute Gasteiger partial charge is 0.481 e. The van der Waals surface area contributed by atoms with Gasteiger partial charge in [-0.25, -0.2) is 8.42 Å². The second kappa shape index (κ2) is 10.5. The lowest BCUT2D eigenvalue weighted by atomic mass is 10.1. The predicted molar refractivity (Wildman–Crippen MR) is 124 cm³/mol. The van der Waals surface area contributed by atoms with Gasteiger partial charge in [0.1, 0.15) is 5.75 Å². The molecule has 1 fully saturated rings. The van der Waals surface area contributed by atoms with Crippen molar-refractivity contribution >= 4 is 16.0 Å². The zero-order chi connectivity index (χ0) is 26.0. The molecule has 192 valence electrons. The number of carbonyl (C=O) groups is 1. The highest BCUT2D eigenvalue weighted by Gasteiger charge is 2.38. The Morgan fingerprint density at radius 3 is 2.23 bits per heavy atom. The van der Waals surface area contributed by atoms with Gasteiger partial charge in [-0.1, -0.05) is 18.2 Å². The van der Waals surface area contributed by atoms with Gasteiger partial charge in [0, 0.05) is 31.7 Å². The SMILES string of the molecule is Cc1ccc(S(=O)(=O)N2C(C)CN(CCc3ccc(OC(F)(F)F)cc3)CC2C)cc1CC(=O)O. The van der Waals surface area contributed by atoms with Crippen molar-refractivity contribution in [3.8, 4) is 5.75 Å². The number of alkyl halides is 3. The van der Waals surface area contributed by atoms with Gasteiger partial charge in [0.2, 0.25) is 10.0 Å². The molecule has 0 bridgehead atoms. The minimum Gasteiger partial charge on any atom is -0.481 e. The van der Waals surface area contributed by atoms with E-state index in [4.69, 9.17) is 5.11 Å². The molecule has 2 aromatic carbocycles. The number of halogens is 3. The standard InChI is InChI=1S/C24H29F3N2O5S/c1-16-4-9-22(12-20(16)13-23(30)31)35(32,33)29-17(2)14-28(15-18(29)3)11-10-19-5-7-21(8-6-19)34-24(25,26)27/h4-9,12,17-18H,10-11,13-15H2,1-3H3,(H,30,31). The van der Waals surface area contributed by atoms with Crippen LogP contribution >= 0.6 is 0 Å². The summed E-state index contributed by atoms with van der Waals surface area (Å²) in [5, 5.41) is 9.12. The molecule has 0 saturated carbocycles. The number of piperazine rings is 1.